The van der Waals surface area contributed by atoms with Gasteiger partial charge in [-0.1, -0.05) is 24.9 Å². The lowest BCUT2D eigenvalue weighted by Crippen LogP contribution is -1.98. The first-order chi connectivity index (χ1) is 7.74. The van der Waals surface area contributed by atoms with E-state index in [1.807, 2.05) is 12.1 Å². The summed E-state index contributed by atoms with van der Waals surface area (Å²) in [4.78, 5) is 1.06. The lowest BCUT2D eigenvalue weighted by molar-refractivity contribution is 0.147. The summed E-state index contributed by atoms with van der Waals surface area (Å²) < 4.78 is 5.47. The van der Waals surface area contributed by atoms with Crippen LogP contribution in [-0.4, -0.2) is 19.0 Å². The van der Waals surface area contributed by atoms with Crippen molar-refractivity contribution >= 4 is 29.1 Å². The summed E-state index contributed by atoms with van der Waals surface area (Å²) in [5.41, 5.74) is 6.32. The number of hydrogen-bond donors (Lipinski definition) is 1. The van der Waals surface area contributed by atoms with Gasteiger partial charge in [-0.15, -0.1) is 11.8 Å². The molecule has 0 spiro atoms. The van der Waals surface area contributed by atoms with Crippen LogP contribution in [0.5, 0.6) is 0 Å². The van der Waals surface area contributed by atoms with Crippen LogP contribution in [0.2, 0.25) is 5.02 Å². The van der Waals surface area contributed by atoms with Crippen LogP contribution in [-0.2, 0) is 4.74 Å². The van der Waals surface area contributed by atoms with Crippen molar-refractivity contribution in [2.75, 3.05) is 24.7 Å². The van der Waals surface area contributed by atoms with Crippen LogP contribution in [0.3, 0.4) is 0 Å². The third kappa shape index (κ3) is 5.10. The molecule has 0 aliphatic rings. The zero-order chi connectivity index (χ0) is 11.8. The summed E-state index contributed by atoms with van der Waals surface area (Å²) in [6.45, 7) is 3.78. The molecule has 2 N–H and O–H groups in total. The largest absolute Gasteiger partial charge is 0.399 e. The average Bonchev–Trinajstić information content (AvgIpc) is 2.26. The number of nitrogens with two attached hydrogens (primary N) is 1. The maximum Gasteiger partial charge on any atom is 0.0562 e. The van der Waals surface area contributed by atoms with Crippen LogP contribution < -0.4 is 5.73 Å². The summed E-state index contributed by atoms with van der Waals surface area (Å²) >= 11 is 7.75. The van der Waals surface area contributed by atoms with Crippen molar-refractivity contribution < 1.29 is 4.74 Å². The molecule has 1 aromatic rings. The molecule has 16 heavy (non-hydrogen) atoms. The Kier molecular flexibility index (Phi) is 6.69. The molecule has 4 heteroatoms. The number of thioether (sulfide) groups is 1. The van der Waals surface area contributed by atoms with Crippen molar-refractivity contribution in [1.82, 2.24) is 0 Å². The van der Waals surface area contributed by atoms with Gasteiger partial charge in [0.25, 0.3) is 0 Å². The van der Waals surface area contributed by atoms with Crippen molar-refractivity contribution in [2.24, 2.45) is 0 Å². The van der Waals surface area contributed by atoms with E-state index >= 15 is 0 Å². The number of unbranched alkanes of at least 4 members (excludes halogenated alkanes) is 1. The SMILES string of the molecule is CCCCOCCSc1ccc(N)cc1Cl. The molecule has 0 aromatic heterocycles. The summed E-state index contributed by atoms with van der Waals surface area (Å²) in [5.74, 6) is 0.924. The van der Waals surface area contributed by atoms with Gasteiger partial charge in [-0.2, -0.15) is 0 Å². The van der Waals surface area contributed by atoms with Crippen LogP contribution >= 0.6 is 23.4 Å². The molecule has 0 heterocycles. The maximum atomic E-state index is 6.05. The number of anilines is 1. The Morgan fingerprint density at radius 3 is 2.88 bits per heavy atom. The van der Waals surface area contributed by atoms with E-state index in [9.17, 15) is 0 Å². The molecule has 0 aliphatic heterocycles. The first-order valence-corrected chi connectivity index (χ1v) is 6.86. The molecule has 0 bridgehead atoms. The van der Waals surface area contributed by atoms with E-state index in [1.165, 1.54) is 6.42 Å². The van der Waals surface area contributed by atoms with Gasteiger partial charge in [-0.25, -0.2) is 0 Å². The smallest absolute Gasteiger partial charge is 0.0562 e. The van der Waals surface area contributed by atoms with E-state index in [4.69, 9.17) is 22.1 Å². The van der Waals surface area contributed by atoms with Gasteiger partial charge in [-0.05, 0) is 24.6 Å². The fourth-order valence-corrected chi connectivity index (χ4v) is 2.33. The minimum Gasteiger partial charge on any atom is -0.399 e. The Morgan fingerprint density at radius 2 is 2.19 bits per heavy atom. The lowest BCUT2D eigenvalue weighted by atomic mass is 10.3. The molecule has 90 valence electrons. The number of ether oxygens (including phenoxy) is 1. The van der Waals surface area contributed by atoms with Gasteiger partial charge in [0.1, 0.15) is 0 Å². The van der Waals surface area contributed by atoms with Crippen molar-refractivity contribution in [3.8, 4) is 0 Å². The Labute approximate surface area is 107 Å². The van der Waals surface area contributed by atoms with E-state index < -0.39 is 0 Å². The lowest BCUT2D eigenvalue weighted by Gasteiger charge is -2.05. The predicted molar refractivity (Wildman–Crippen MR) is 72.3 cm³/mol. The number of benzene rings is 1. The Hall–Kier alpha value is -0.380. The molecular formula is C12H18ClNOS. The molecular weight excluding hydrogens is 242 g/mol. The standard InChI is InChI=1S/C12H18ClNOS/c1-2-3-6-15-7-8-16-12-5-4-10(14)9-11(12)13/h4-5,9H,2-3,6-8,14H2,1H3. The first-order valence-electron chi connectivity index (χ1n) is 5.49. The molecule has 0 fully saturated rings. The second-order valence-corrected chi connectivity index (χ2v) is 5.05. The van der Waals surface area contributed by atoms with Gasteiger partial charge < -0.3 is 10.5 Å². The van der Waals surface area contributed by atoms with Crippen molar-refractivity contribution in [3.63, 3.8) is 0 Å². The maximum absolute atomic E-state index is 6.05. The zero-order valence-electron chi connectivity index (χ0n) is 9.54. The highest BCUT2D eigenvalue weighted by atomic mass is 35.5. The topological polar surface area (TPSA) is 35.2 Å². The number of rotatable bonds is 7. The van der Waals surface area contributed by atoms with Gasteiger partial charge >= 0.3 is 0 Å². The van der Waals surface area contributed by atoms with Crippen molar-refractivity contribution in [1.29, 1.82) is 0 Å². The third-order valence-electron chi connectivity index (χ3n) is 2.08. The van der Waals surface area contributed by atoms with E-state index in [2.05, 4.69) is 6.92 Å². The van der Waals surface area contributed by atoms with Crippen LogP contribution in [0.15, 0.2) is 23.1 Å². The summed E-state index contributed by atoms with van der Waals surface area (Å²) in [6.07, 6.45) is 2.31. The quantitative estimate of drug-likeness (QED) is 0.459. The fourth-order valence-electron chi connectivity index (χ4n) is 1.19. The number of halogens is 1. The Morgan fingerprint density at radius 1 is 1.38 bits per heavy atom. The summed E-state index contributed by atoms with van der Waals surface area (Å²) in [7, 11) is 0. The van der Waals surface area contributed by atoms with Gasteiger partial charge in [0.05, 0.1) is 11.6 Å². The van der Waals surface area contributed by atoms with Gasteiger partial charge in [-0.3, -0.25) is 0 Å². The second kappa shape index (κ2) is 7.82. The predicted octanol–water partition coefficient (Wildman–Crippen LogP) is 3.83. The van der Waals surface area contributed by atoms with Crippen LogP contribution in [0, 0.1) is 0 Å². The molecule has 0 amide bonds. The van der Waals surface area contributed by atoms with Gasteiger partial charge in [0, 0.05) is 22.9 Å². The van der Waals surface area contributed by atoms with Crippen molar-refractivity contribution in [3.05, 3.63) is 23.2 Å². The van der Waals surface area contributed by atoms with E-state index in [1.54, 1.807) is 17.8 Å². The second-order valence-electron chi connectivity index (χ2n) is 3.50. The molecule has 0 radical (unpaired) electrons. The Bertz CT molecular complexity index is 320. The monoisotopic (exact) mass is 259 g/mol. The van der Waals surface area contributed by atoms with Crippen LogP contribution in [0.25, 0.3) is 0 Å². The fraction of sp³-hybridized carbons (Fsp3) is 0.500. The highest BCUT2D eigenvalue weighted by molar-refractivity contribution is 7.99. The first kappa shape index (κ1) is 13.7. The molecule has 0 saturated heterocycles. The van der Waals surface area contributed by atoms with Crippen LogP contribution in [0.4, 0.5) is 5.69 Å². The highest BCUT2D eigenvalue weighted by Gasteiger charge is 2.01. The summed E-state index contributed by atoms with van der Waals surface area (Å²) in [6, 6.07) is 5.60. The molecule has 0 saturated carbocycles. The van der Waals surface area contributed by atoms with E-state index in [0.29, 0.717) is 5.69 Å². The minimum absolute atomic E-state index is 0.702. The minimum atomic E-state index is 0.702. The van der Waals surface area contributed by atoms with E-state index in [-0.39, 0.29) is 0 Å². The Balaban J connectivity index is 2.21. The van der Waals surface area contributed by atoms with Gasteiger partial charge in [0.2, 0.25) is 0 Å². The average molecular weight is 260 g/mol. The molecule has 1 rings (SSSR count). The van der Waals surface area contributed by atoms with Crippen molar-refractivity contribution in [2.45, 2.75) is 24.7 Å². The normalized spacial score (nSPS) is 10.6. The molecule has 2 nitrogen and oxygen atoms in total. The zero-order valence-corrected chi connectivity index (χ0v) is 11.1. The molecule has 1 aromatic carbocycles. The molecule has 0 unspecified atom stereocenters. The van der Waals surface area contributed by atoms with Gasteiger partial charge in [0.15, 0.2) is 0 Å². The number of nitrogen functional groups attached to an aromatic ring is 1. The van der Waals surface area contributed by atoms with E-state index in [0.717, 1.165) is 35.3 Å². The van der Waals surface area contributed by atoms with Crippen LogP contribution in [0.1, 0.15) is 19.8 Å². The summed E-state index contributed by atoms with van der Waals surface area (Å²) in [5, 5.41) is 0.721. The highest BCUT2D eigenvalue weighted by Crippen LogP contribution is 2.28. The molecule has 0 atom stereocenters. The number of hydrogen-bond acceptors (Lipinski definition) is 3. The third-order valence-corrected chi connectivity index (χ3v) is 3.55. The molecule has 0 aliphatic carbocycles.